The van der Waals surface area contributed by atoms with Gasteiger partial charge in [0.25, 0.3) is 5.91 Å². The number of carbonyl (C=O) groups is 1. The van der Waals surface area contributed by atoms with Gasteiger partial charge in [0.05, 0.1) is 5.56 Å². The van der Waals surface area contributed by atoms with Gasteiger partial charge in [0.15, 0.2) is 0 Å². The molecule has 136 valence electrons. The molecule has 5 heterocycles. The van der Waals surface area contributed by atoms with Crippen LogP contribution in [0.4, 0.5) is 13.2 Å². The Morgan fingerprint density at radius 2 is 1.92 bits per heavy atom. The lowest BCUT2D eigenvalue weighted by molar-refractivity contribution is -0.141. The third-order valence-electron chi connectivity index (χ3n) is 4.93. The van der Waals surface area contributed by atoms with Crippen LogP contribution in [0.2, 0.25) is 0 Å². The number of piperazine rings is 1. The molecule has 0 radical (unpaired) electrons. The molecule has 8 heteroatoms. The van der Waals surface area contributed by atoms with Gasteiger partial charge < -0.3 is 4.90 Å². The van der Waals surface area contributed by atoms with Crippen molar-refractivity contribution < 1.29 is 18.0 Å². The van der Waals surface area contributed by atoms with E-state index in [-0.39, 0.29) is 18.0 Å². The van der Waals surface area contributed by atoms with E-state index < -0.39 is 11.9 Å². The number of carbonyl (C=O) groups excluding carboxylic acids is 1. The summed E-state index contributed by atoms with van der Waals surface area (Å²) in [6.45, 7) is 1.96. The average Bonchev–Trinajstić information content (AvgIpc) is 2.62. The molecule has 26 heavy (non-hydrogen) atoms. The van der Waals surface area contributed by atoms with Gasteiger partial charge >= 0.3 is 6.18 Å². The number of fused-ring (bicyclic) bond motifs is 2. The average molecular weight is 362 g/mol. The highest BCUT2D eigenvalue weighted by atomic mass is 19.4. The Morgan fingerprint density at radius 3 is 2.50 bits per heavy atom. The predicted octanol–water partition coefficient (Wildman–Crippen LogP) is 2.59. The minimum Gasteiger partial charge on any atom is -0.330 e. The first-order valence-electron chi connectivity index (χ1n) is 8.39. The summed E-state index contributed by atoms with van der Waals surface area (Å²) in [6.07, 6.45) is 1.03. The normalized spacial score (nSPS) is 22.8. The number of pyridine rings is 2. The monoisotopic (exact) mass is 362 g/mol. The fourth-order valence-corrected chi connectivity index (χ4v) is 3.74. The number of rotatable bonds is 3. The molecule has 5 rings (SSSR count). The van der Waals surface area contributed by atoms with Gasteiger partial charge in [-0.1, -0.05) is 6.07 Å². The summed E-state index contributed by atoms with van der Waals surface area (Å²) in [5, 5.41) is 0. The van der Waals surface area contributed by atoms with Crippen LogP contribution in [-0.2, 0) is 12.7 Å². The molecule has 2 atom stereocenters. The largest absolute Gasteiger partial charge is 0.433 e. The van der Waals surface area contributed by atoms with Crippen molar-refractivity contribution in [3.05, 3.63) is 59.7 Å². The summed E-state index contributed by atoms with van der Waals surface area (Å²) in [5.41, 5.74) is 0.447. The predicted molar refractivity (Wildman–Crippen MR) is 87.1 cm³/mol. The van der Waals surface area contributed by atoms with Gasteiger partial charge in [-0.05, 0) is 30.2 Å². The molecule has 0 saturated carbocycles. The summed E-state index contributed by atoms with van der Waals surface area (Å²) in [6, 6.07) is 6.27. The van der Waals surface area contributed by atoms with Crippen LogP contribution in [0.1, 0.15) is 28.0 Å². The summed E-state index contributed by atoms with van der Waals surface area (Å²) in [5.74, 6) is -0.00445. The van der Waals surface area contributed by atoms with Gasteiger partial charge in [0, 0.05) is 50.3 Å². The van der Waals surface area contributed by atoms with Crippen molar-refractivity contribution in [1.82, 2.24) is 19.8 Å². The Kier molecular flexibility index (Phi) is 4.14. The minimum absolute atomic E-state index is 0.00445. The van der Waals surface area contributed by atoms with Crippen LogP contribution < -0.4 is 0 Å². The van der Waals surface area contributed by atoms with Gasteiger partial charge in [0.2, 0.25) is 0 Å². The van der Waals surface area contributed by atoms with E-state index in [1.165, 1.54) is 12.3 Å². The van der Waals surface area contributed by atoms with Gasteiger partial charge in [0.1, 0.15) is 5.69 Å². The second-order valence-corrected chi connectivity index (χ2v) is 6.74. The first-order valence-corrected chi connectivity index (χ1v) is 8.39. The topological polar surface area (TPSA) is 49.3 Å². The van der Waals surface area contributed by atoms with Gasteiger partial charge in [-0.15, -0.1) is 0 Å². The van der Waals surface area contributed by atoms with Crippen molar-refractivity contribution in [1.29, 1.82) is 0 Å². The van der Waals surface area contributed by atoms with Crippen LogP contribution in [-0.4, -0.2) is 50.8 Å². The summed E-state index contributed by atoms with van der Waals surface area (Å²) >= 11 is 0. The fraction of sp³-hybridized carbons (Fsp3) is 0.389. The Bertz CT molecular complexity index is 782. The first-order chi connectivity index (χ1) is 12.4. The zero-order valence-corrected chi connectivity index (χ0v) is 13.9. The van der Waals surface area contributed by atoms with Crippen LogP contribution in [0.5, 0.6) is 0 Å². The molecule has 2 bridgehead atoms. The van der Waals surface area contributed by atoms with E-state index in [2.05, 4.69) is 14.9 Å². The van der Waals surface area contributed by atoms with Gasteiger partial charge in [-0.25, -0.2) is 0 Å². The van der Waals surface area contributed by atoms with E-state index in [4.69, 9.17) is 0 Å². The molecule has 2 aromatic rings. The molecule has 5 nitrogen and oxygen atoms in total. The lowest BCUT2D eigenvalue weighted by Crippen LogP contribution is -2.69. The van der Waals surface area contributed by atoms with Crippen molar-refractivity contribution in [2.45, 2.75) is 31.2 Å². The van der Waals surface area contributed by atoms with Crippen molar-refractivity contribution in [3.63, 3.8) is 0 Å². The maximum atomic E-state index is 12.6. The van der Waals surface area contributed by atoms with Crippen LogP contribution in [0.25, 0.3) is 0 Å². The number of hydrogen-bond donors (Lipinski definition) is 0. The number of amides is 1. The molecule has 3 aliphatic heterocycles. The minimum atomic E-state index is -4.42. The van der Waals surface area contributed by atoms with E-state index >= 15 is 0 Å². The SMILES string of the molecule is O=C(c1cccnc1)N1C2CC1CN(Cc1ccc(C(F)(F)F)nc1)C2. The number of piperidine rings is 1. The van der Waals surface area contributed by atoms with Crippen LogP contribution in [0, 0.1) is 0 Å². The first kappa shape index (κ1) is 17.0. The highest BCUT2D eigenvalue weighted by Crippen LogP contribution is 2.34. The highest BCUT2D eigenvalue weighted by molar-refractivity contribution is 5.95. The molecule has 2 aromatic heterocycles. The molecule has 0 aliphatic carbocycles. The lowest BCUT2D eigenvalue weighted by atomic mass is 9.86. The van der Waals surface area contributed by atoms with E-state index in [9.17, 15) is 18.0 Å². The zero-order chi connectivity index (χ0) is 18.3. The molecule has 1 amide bonds. The molecular weight excluding hydrogens is 345 g/mol. The lowest BCUT2D eigenvalue weighted by Gasteiger charge is -2.56. The molecule has 0 spiro atoms. The molecule has 0 N–H and O–H groups in total. The molecule has 2 unspecified atom stereocenters. The molecular formula is C18H17F3N4O. The number of aromatic nitrogens is 2. The Hall–Kier alpha value is -2.48. The zero-order valence-electron chi connectivity index (χ0n) is 13.9. The summed E-state index contributed by atoms with van der Waals surface area (Å²) < 4.78 is 37.7. The van der Waals surface area contributed by atoms with Crippen LogP contribution in [0.15, 0.2) is 42.9 Å². The van der Waals surface area contributed by atoms with E-state index in [0.29, 0.717) is 25.2 Å². The number of hydrogen-bond acceptors (Lipinski definition) is 4. The molecule has 3 saturated heterocycles. The van der Waals surface area contributed by atoms with Crippen LogP contribution in [0.3, 0.4) is 0 Å². The third kappa shape index (κ3) is 3.16. The number of alkyl halides is 3. The Morgan fingerprint density at radius 1 is 1.15 bits per heavy atom. The number of nitrogens with zero attached hydrogens (tertiary/aromatic N) is 4. The number of halogens is 3. The van der Waals surface area contributed by atoms with Crippen LogP contribution >= 0.6 is 0 Å². The molecule has 3 aliphatic rings. The smallest absolute Gasteiger partial charge is 0.330 e. The van der Waals surface area contributed by atoms with Gasteiger partial charge in [-0.3, -0.25) is 19.7 Å². The molecule has 0 aromatic carbocycles. The fourth-order valence-electron chi connectivity index (χ4n) is 3.74. The molecule has 3 fully saturated rings. The Balaban J connectivity index is 1.38. The summed E-state index contributed by atoms with van der Waals surface area (Å²) in [7, 11) is 0. The van der Waals surface area contributed by atoms with Crippen molar-refractivity contribution in [2.24, 2.45) is 0 Å². The van der Waals surface area contributed by atoms with Crippen molar-refractivity contribution >= 4 is 5.91 Å². The maximum Gasteiger partial charge on any atom is 0.433 e. The Labute approximate surface area is 148 Å². The van der Waals surface area contributed by atoms with Gasteiger partial charge in [-0.2, -0.15) is 13.2 Å². The standard InChI is InChI=1S/C18H17F3N4O/c19-18(20,21)16-4-3-12(7-23-16)9-24-10-14-6-15(11-24)25(14)17(26)13-2-1-5-22-8-13/h1-5,7-8,14-15H,6,9-11H2. The summed E-state index contributed by atoms with van der Waals surface area (Å²) in [4.78, 5) is 24.1. The second kappa shape index (κ2) is 6.35. The third-order valence-corrected chi connectivity index (χ3v) is 4.93. The van der Waals surface area contributed by atoms with E-state index in [1.54, 1.807) is 24.5 Å². The van der Waals surface area contributed by atoms with E-state index in [0.717, 1.165) is 18.1 Å². The quantitative estimate of drug-likeness (QED) is 0.842. The second-order valence-electron chi connectivity index (χ2n) is 6.74. The van der Waals surface area contributed by atoms with E-state index in [1.807, 2.05) is 4.90 Å². The highest BCUT2D eigenvalue weighted by Gasteiger charge is 2.47. The van der Waals surface area contributed by atoms with Crippen molar-refractivity contribution in [3.8, 4) is 0 Å². The van der Waals surface area contributed by atoms with Crippen molar-refractivity contribution in [2.75, 3.05) is 13.1 Å². The maximum absolute atomic E-state index is 12.6.